The molecule has 110 valence electrons. The van der Waals surface area contributed by atoms with Gasteiger partial charge in [0.1, 0.15) is 6.61 Å². The Morgan fingerprint density at radius 1 is 1.14 bits per heavy atom. The number of carbonyl (C=O) groups is 1. The molecule has 6 heteroatoms. The van der Waals surface area contributed by atoms with Crippen LogP contribution in [0, 0.1) is 0 Å². The molecule has 0 aliphatic carbocycles. The lowest BCUT2D eigenvalue weighted by atomic mass is 10.2. The minimum Gasteiger partial charge on any atom is -0.457 e. The maximum absolute atomic E-state index is 12.0. The zero-order chi connectivity index (χ0) is 15.5. The highest BCUT2D eigenvalue weighted by molar-refractivity contribution is 7.90. The van der Waals surface area contributed by atoms with Crippen molar-refractivity contribution in [2.75, 3.05) is 6.26 Å². The van der Waals surface area contributed by atoms with Gasteiger partial charge < -0.3 is 4.74 Å². The van der Waals surface area contributed by atoms with E-state index in [9.17, 15) is 13.2 Å². The third kappa shape index (κ3) is 4.06. The summed E-state index contributed by atoms with van der Waals surface area (Å²) in [5.74, 6) is -0.658. The Bertz CT molecular complexity index is 754. The quantitative estimate of drug-likeness (QED) is 0.811. The second-order valence-corrected chi connectivity index (χ2v) is 6.90. The van der Waals surface area contributed by atoms with Crippen molar-refractivity contribution in [1.82, 2.24) is 0 Å². The zero-order valence-corrected chi connectivity index (χ0v) is 12.8. The fourth-order valence-corrected chi connectivity index (χ4v) is 2.53. The van der Waals surface area contributed by atoms with Crippen molar-refractivity contribution < 1.29 is 17.9 Å². The minimum absolute atomic E-state index is 0.0264. The van der Waals surface area contributed by atoms with Crippen LogP contribution in [0.2, 0.25) is 5.02 Å². The van der Waals surface area contributed by atoms with E-state index in [1.807, 2.05) is 30.3 Å². The summed E-state index contributed by atoms with van der Waals surface area (Å²) < 4.78 is 28.2. The van der Waals surface area contributed by atoms with Crippen LogP contribution < -0.4 is 0 Å². The van der Waals surface area contributed by atoms with Crippen LogP contribution in [0.3, 0.4) is 0 Å². The van der Waals surface area contributed by atoms with Gasteiger partial charge in [0.2, 0.25) is 0 Å². The molecule has 0 saturated carbocycles. The van der Waals surface area contributed by atoms with Crippen LogP contribution in [0.1, 0.15) is 15.9 Å². The molecule has 0 heterocycles. The van der Waals surface area contributed by atoms with E-state index in [4.69, 9.17) is 16.3 Å². The fraction of sp³-hybridized carbons (Fsp3) is 0.133. The predicted octanol–water partition coefficient (Wildman–Crippen LogP) is 3.10. The molecule has 0 atom stereocenters. The summed E-state index contributed by atoms with van der Waals surface area (Å²) in [6, 6.07) is 13.1. The van der Waals surface area contributed by atoms with Crippen LogP contribution in [0.25, 0.3) is 0 Å². The molecule has 0 saturated heterocycles. The molecule has 2 aromatic rings. The third-order valence-corrected chi connectivity index (χ3v) is 4.24. The van der Waals surface area contributed by atoms with Crippen LogP contribution in [0.15, 0.2) is 53.4 Å². The van der Waals surface area contributed by atoms with Gasteiger partial charge in [-0.15, -0.1) is 0 Å². The molecule has 21 heavy (non-hydrogen) atoms. The number of rotatable bonds is 4. The van der Waals surface area contributed by atoms with E-state index in [-0.39, 0.29) is 22.1 Å². The summed E-state index contributed by atoms with van der Waals surface area (Å²) in [6.07, 6.45) is 1.06. The summed E-state index contributed by atoms with van der Waals surface area (Å²) in [4.78, 5) is 12.0. The fourth-order valence-electron chi connectivity index (χ4n) is 1.69. The molecule has 0 amide bonds. The van der Waals surface area contributed by atoms with Gasteiger partial charge in [-0.2, -0.15) is 0 Å². The van der Waals surface area contributed by atoms with Gasteiger partial charge >= 0.3 is 5.97 Å². The Balaban J connectivity index is 2.19. The van der Waals surface area contributed by atoms with E-state index >= 15 is 0 Å². The average molecular weight is 325 g/mol. The first-order chi connectivity index (χ1) is 9.88. The Labute approximate surface area is 128 Å². The Morgan fingerprint density at radius 3 is 2.43 bits per heavy atom. The van der Waals surface area contributed by atoms with Crippen molar-refractivity contribution in [3.63, 3.8) is 0 Å². The monoisotopic (exact) mass is 324 g/mol. The van der Waals surface area contributed by atoms with E-state index in [0.717, 1.165) is 11.8 Å². The average Bonchev–Trinajstić information content (AvgIpc) is 2.45. The lowest BCUT2D eigenvalue weighted by Gasteiger charge is -2.08. The first-order valence-corrected chi connectivity index (χ1v) is 8.35. The molecular weight excluding hydrogens is 312 g/mol. The van der Waals surface area contributed by atoms with Gasteiger partial charge in [0.15, 0.2) is 9.84 Å². The minimum atomic E-state index is -3.41. The molecule has 0 spiro atoms. The molecule has 0 radical (unpaired) electrons. The number of hydrogen-bond donors (Lipinski definition) is 0. The third-order valence-electron chi connectivity index (χ3n) is 2.80. The highest BCUT2D eigenvalue weighted by atomic mass is 35.5. The number of benzene rings is 2. The molecule has 0 N–H and O–H groups in total. The van der Waals surface area contributed by atoms with Crippen LogP contribution in [0.5, 0.6) is 0 Å². The highest BCUT2D eigenvalue weighted by Gasteiger charge is 2.16. The second-order valence-electron chi connectivity index (χ2n) is 4.48. The number of esters is 1. The summed E-state index contributed by atoms with van der Waals surface area (Å²) >= 11 is 5.93. The van der Waals surface area contributed by atoms with Crippen LogP contribution in [0.4, 0.5) is 0 Å². The largest absolute Gasteiger partial charge is 0.457 e. The van der Waals surface area contributed by atoms with Crippen LogP contribution in [-0.4, -0.2) is 20.6 Å². The first-order valence-electron chi connectivity index (χ1n) is 6.08. The van der Waals surface area contributed by atoms with Gasteiger partial charge in [0.25, 0.3) is 0 Å². The smallest absolute Gasteiger partial charge is 0.340 e. The van der Waals surface area contributed by atoms with Gasteiger partial charge in [-0.25, -0.2) is 13.2 Å². The van der Waals surface area contributed by atoms with E-state index < -0.39 is 15.8 Å². The molecule has 0 unspecified atom stereocenters. The molecule has 0 aliphatic heterocycles. The lowest BCUT2D eigenvalue weighted by Crippen LogP contribution is -2.08. The molecule has 2 aromatic carbocycles. The summed E-state index contributed by atoms with van der Waals surface area (Å²) in [5.41, 5.74) is 0.872. The standard InChI is InChI=1S/C15H13ClO4S/c1-21(18,19)12-7-8-14(16)13(9-12)15(17)20-10-11-5-3-2-4-6-11/h2-9H,10H2,1H3. The van der Waals surface area contributed by atoms with Crippen molar-refractivity contribution in [2.24, 2.45) is 0 Å². The molecule has 0 aliphatic rings. The molecule has 4 nitrogen and oxygen atoms in total. The normalized spacial score (nSPS) is 11.1. The molecule has 2 rings (SSSR count). The summed E-state index contributed by atoms with van der Waals surface area (Å²) in [6.45, 7) is 0.0963. The number of ether oxygens (including phenoxy) is 1. The van der Waals surface area contributed by atoms with Gasteiger partial charge in [0.05, 0.1) is 15.5 Å². The maximum atomic E-state index is 12.0. The van der Waals surface area contributed by atoms with E-state index in [1.165, 1.54) is 18.2 Å². The SMILES string of the molecule is CS(=O)(=O)c1ccc(Cl)c(C(=O)OCc2ccccc2)c1. The van der Waals surface area contributed by atoms with Gasteiger partial charge in [0, 0.05) is 6.26 Å². The van der Waals surface area contributed by atoms with E-state index in [2.05, 4.69) is 0 Å². The maximum Gasteiger partial charge on any atom is 0.340 e. The Hall–Kier alpha value is -1.85. The summed E-state index contributed by atoms with van der Waals surface area (Å²) in [5, 5.41) is 0.153. The van der Waals surface area contributed by atoms with Crippen molar-refractivity contribution >= 4 is 27.4 Å². The van der Waals surface area contributed by atoms with E-state index in [1.54, 1.807) is 0 Å². The zero-order valence-electron chi connectivity index (χ0n) is 11.2. The molecular formula is C15H13ClO4S. The molecule has 0 aromatic heterocycles. The molecule has 0 bridgehead atoms. The Kier molecular flexibility index (Phi) is 4.65. The van der Waals surface area contributed by atoms with Crippen molar-refractivity contribution in [3.05, 3.63) is 64.7 Å². The van der Waals surface area contributed by atoms with Gasteiger partial charge in [-0.3, -0.25) is 0 Å². The van der Waals surface area contributed by atoms with Gasteiger partial charge in [-0.05, 0) is 23.8 Å². The highest BCUT2D eigenvalue weighted by Crippen LogP contribution is 2.21. The number of carbonyl (C=O) groups excluding carboxylic acids is 1. The number of halogens is 1. The van der Waals surface area contributed by atoms with Gasteiger partial charge in [-0.1, -0.05) is 41.9 Å². The Morgan fingerprint density at radius 2 is 1.81 bits per heavy atom. The first kappa shape index (κ1) is 15.5. The predicted molar refractivity (Wildman–Crippen MR) is 80.1 cm³/mol. The lowest BCUT2D eigenvalue weighted by molar-refractivity contribution is 0.0472. The topological polar surface area (TPSA) is 60.4 Å². The number of sulfone groups is 1. The van der Waals surface area contributed by atoms with Crippen molar-refractivity contribution in [1.29, 1.82) is 0 Å². The second kappa shape index (κ2) is 6.28. The van der Waals surface area contributed by atoms with Crippen LogP contribution >= 0.6 is 11.6 Å². The van der Waals surface area contributed by atoms with E-state index in [0.29, 0.717) is 0 Å². The van der Waals surface area contributed by atoms with Crippen molar-refractivity contribution in [3.8, 4) is 0 Å². The van der Waals surface area contributed by atoms with Crippen molar-refractivity contribution in [2.45, 2.75) is 11.5 Å². The molecule has 0 fully saturated rings. The van der Waals surface area contributed by atoms with Crippen LogP contribution in [-0.2, 0) is 21.2 Å². The number of hydrogen-bond acceptors (Lipinski definition) is 4. The summed E-state index contributed by atoms with van der Waals surface area (Å²) in [7, 11) is -3.41.